The molecule has 0 saturated heterocycles. The van der Waals surface area contributed by atoms with Gasteiger partial charge in [0.25, 0.3) is 17.7 Å². The lowest BCUT2D eigenvalue weighted by atomic mass is 10.1. The summed E-state index contributed by atoms with van der Waals surface area (Å²) < 4.78 is 5.97. The number of nitrogen functional groups attached to an aromatic ring is 1. The molecular weight excluding hydrogens is 386 g/mol. The molecule has 0 radical (unpaired) electrons. The Labute approximate surface area is 172 Å². The molecule has 9 heteroatoms. The first-order valence-electron chi connectivity index (χ1n) is 8.94. The van der Waals surface area contributed by atoms with Crippen LogP contribution in [0.25, 0.3) is 0 Å². The van der Waals surface area contributed by atoms with E-state index >= 15 is 0 Å². The van der Waals surface area contributed by atoms with Crippen LogP contribution in [0, 0.1) is 5.41 Å². The molecule has 30 heavy (non-hydrogen) atoms. The highest BCUT2D eigenvalue weighted by molar-refractivity contribution is 6.00. The summed E-state index contributed by atoms with van der Waals surface area (Å²) in [5.74, 6) is -2.00. The normalized spacial score (nSPS) is 10.3. The summed E-state index contributed by atoms with van der Waals surface area (Å²) in [5, 5.41) is 14.0. The smallest absolute Gasteiger partial charge is 0.309 e. The number of hydrogen-bond donors (Lipinski definition) is 3. The number of nitrogens with zero attached hydrogens (tertiary/aromatic N) is 2. The zero-order chi connectivity index (χ0) is 21.7. The second kappa shape index (κ2) is 8.82. The number of ether oxygens (including phenoxy) is 1. The van der Waals surface area contributed by atoms with Gasteiger partial charge < -0.3 is 15.8 Å². The fraction of sp³-hybridized carbons (Fsp3) is 0.0952. The number of aromatic nitrogens is 2. The maximum atomic E-state index is 12.6. The summed E-state index contributed by atoms with van der Waals surface area (Å²) in [6.07, 6.45) is 1.22. The average Bonchev–Trinajstić information content (AvgIpc) is 3.15. The van der Waals surface area contributed by atoms with E-state index in [9.17, 15) is 14.4 Å². The van der Waals surface area contributed by atoms with Gasteiger partial charge in [0.1, 0.15) is 11.4 Å². The van der Waals surface area contributed by atoms with Crippen molar-refractivity contribution in [1.82, 2.24) is 15.1 Å². The Bertz CT molecular complexity index is 1100. The van der Waals surface area contributed by atoms with Gasteiger partial charge >= 0.3 is 5.97 Å². The first-order valence-corrected chi connectivity index (χ1v) is 8.94. The third-order valence-corrected chi connectivity index (χ3v) is 4.11. The van der Waals surface area contributed by atoms with Crippen molar-refractivity contribution in [1.29, 1.82) is 5.41 Å². The molecule has 0 bridgehead atoms. The van der Waals surface area contributed by atoms with Crippen LogP contribution >= 0.6 is 0 Å². The predicted molar refractivity (Wildman–Crippen MR) is 108 cm³/mol. The van der Waals surface area contributed by atoms with Crippen molar-refractivity contribution < 1.29 is 19.1 Å². The number of amides is 1. The maximum Gasteiger partial charge on any atom is 0.309 e. The molecule has 0 aliphatic rings. The molecule has 4 N–H and O–H groups in total. The average molecular weight is 405 g/mol. The molecule has 9 nitrogen and oxygen atoms in total. The molecule has 0 aliphatic heterocycles. The van der Waals surface area contributed by atoms with E-state index in [1.54, 1.807) is 54.6 Å². The van der Waals surface area contributed by atoms with Gasteiger partial charge in [-0.05, 0) is 17.7 Å². The summed E-state index contributed by atoms with van der Waals surface area (Å²) in [4.78, 5) is 36.6. The number of rotatable bonds is 6. The van der Waals surface area contributed by atoms with Gasteiger partial charge in [0.2, 0.25) is 0 Å². The fourth-order valence-electron chi connectivity index (χ4n) is 2.62. The van der Waals surface area contributed by atoms with Crippen LogP contribution in [0.2, 0.25) is 0 Å². The molecule has 0 unspecified atom stereocenters. The molecule has 0 spiro atoms. The summed E-state index contributed by atoms with van der Waals surface area (Å²) in [6, 6.07) is 15.2. The van der Waals surface area contributed by atoms with Crippen molar-refractivity contribution in [2.45, 2.75) is 13.5 Å². The van der Waals surface area contributed by atoms with Crippen LogP contribution < -0.4 is 15.8 Å². The SMILES string of the molecule is CC(=O)Oc1nn(C(=O)c2ccccc2)cc1C(=O)NCc1ccc(C(=N)N)cc1. The lowest BCUT2D eigenvalue weighted by molar-refractivity contribution is -0.132. The van der Waals surface area contributed by atoms with E-state index in [1.165, 1.54) is 13.1 Å². The van der Waals surface area contributed by atoms with E-state index in [1.807, 2.05) is 0 Å². The Morgan fingerprint density at radius 2 is 1.73 bits per heavy atom. The lowest BCUT2D eigenvalue weighted by Gasteiger charge is -2.06. The van der Waals surface area contributed by atoms with Crippen molar-refractivity contribution in [3.8, 4) is 5.88 Å². The van der Waals surface area contributed by atoms with Crippen LogP contribution in [0.4, 0.5) is 0 Å². The first kappa shape index (κ1) is 20.5. The second-order valence-corrected chi connectivity index (χ2v) is 6.35. The number of nitrogens with two attached hydrogens (primary N) is 1. The monoisotopic (exact) mass is 405 g/mol. The van der Waals surface area contributed by atoms with Crippen LogP contribution in [0.1, 0.15) is 38.8 Å². The Morgan fingerprint density at radius 1 is 1.07 bits per heavy atom. The summed E-state index contributed by atoms with van der Waals surface area (Å²) in [5.41, 5.74) is 7.09. The molecule has 3 rings (SSSR count). The molecule has 152 valence electrons. The third-order valence-electron chi connectivity index (χ3n) is 4.11. The van der Waals surface area contributed by atoms with Crippen LogP contribution in [0.15, 0.2) is 60.8 Å². The number of esters is 1. The highest BCUT2D eigenvalue weighted by Gasteiger charge is 2.22. The molecule has 3 aromatic rings. The van der Waals surface area contributed by atoms with Gasteiger partial charge in [0.15, 0.2) is 0 Å². The number of amidine groups is 1. The van der Waals surface area contributed by atoms with E-state index in [4.69, 9.17) is 15.9 Å². The number of hydrogen-bond acceptors (Lipinski definition) is 6. The molecule has 2 aromatic carbocycles. The molecule has 1 heterocycles. The van der Waals surface area contributed by atoms with Crippen molar-refractivity contribution in [3.63, 3.8) is 0 Å². The Hall–Kier alpha value is -4.27. The topological polar surface area (TPSA) is 140 Å². The fourth-order valence-corrected chi connectivity index (χ4v) is 2.62. The number of carbonyl (C=O) groups excluding carboxylic acids is 3. The van der Waals surface area contributed by atoms with Crippen LogP contribution in [-0.4, -0.2) is 33.4 Å². The lowest BCUT2D eigenvalue weighted by Crippen LogP contribution is -2.23. The minimum absolute atomic E-state index is 0.0464. The molecule has 0 atom stereocenters. The molecule has 0 fully saturated rings. The van der Waals surface area contributed by atoms with E-state index in [0.717, 1.165) is 10.2 Å². The van der Waals surface area contributed by atoms with Gasteiger partial charge in [-0.3, -0.25) is 19.8 Å². The summed E-state index contributed by atoms with van der Waals surface area (Å²) in [6.45, 7) is 1.35. The van der Waals surface area contributed by atoms with Gasteiger partial charge in [-0.25, -0.2) is 0 Å². The number of nitrogens with one attached hydrogen (secondary N) is 2. The van der Waals surface area contributed by atoms with Crippen molar-refractivity contribution in [2.75, 3.05) is 0 Å². The van der Waals surface area contributed by atoms with Crippen LogP contribution in [-0.2, 0) is 11.3 Å². The number of carbonyl (C=O) groups is 3. The highest BCUT2D eigenvalue weighted by Crippen LogP contribution is 2.18. The number of benzene rings is 2. The zero-order valence-corrected chi connectivity index (χ0v) is 16.1. The minimum Gasteiger partial charge on any atom is -0.405 e. The molecule has 0 saturated carbocycles. The van der Waals surface area contributed by atoms with Crippen LogP contribution in [0.5, 0.6) is 5.88 Å². The van der Waals surface area contributed by atoms with Crippen molar-refractivity contribution >= 4 is 23.6 Å². The van der Waals surface area contributed by atoms with E-state index in [0.29, 0.717) is 11.1 Å². The third kappa shape index (κ3) is 4.76. The van der Waals surface area contributed by atoms with Gasteiger partial charge in [0.05, 0.1) is 6.20 Å². The molecular formula is C21H19N5O4. The Kier molecular flexibility index (Phi) is 6.02. The van der Waals surface area contributed by atoms with Gasteiger partial charge in [0, 0.05) is 24.6 Å². The minimum atomic E-state index is -0.665. The van der Waals surface area contributed by atoms with E-state index in [2.05, 4.69) is 10.4 Å². The Morgan fingerprint density at radius 3 is 2.33 bits per heavy atom. The summed E-state index contributed by atoms with van der Waals surface area (Å²) in [7, 11) is 0. The van der Waals surface area contributed by atoms with Crippen molar-refractivity contribution in [2.24, 2.45) is 5.73 Å². The zero-order valence-electron chi connectivity index (χ0n) is 16.1. The molecule has 1 aromatic heterocycles. The standard InChI is InChI=1S/C21H19N5O4/c1-13(27)30-20-17(12-26(25-20)21(29)16-5-3-2-4-6-16)19(28)24-11-14-7-9-15(10-8-14)18(22)23/h2-10,12H,11H2,1H3,(H3,22,23)(H,24,28). The van der Waals surface area contributed by atoms with Gasteiger partial charge in [-0.15, -0.1) is 5.10 Å². The van der Waals surface area contributed by atoms with E-state index < -0.39 is 17.8 Å². The van der Waals surface area contributed by atoms with Gasteiger partial charge in [-0.2, -0.15) is 4.68 Å². The van der Waals surface area contributed by atoms with Crippen LogP contribution in [0.3, 0.4) is 0 Å². The predicted octanol–water partition coefficient (Wildman–Crippen LogP) is 1.71. The quantitative estimate of drug-likeness (QED) is 0.324. The molecule has 0 aliphatic carbocycles. The second-order valence-electron chi connectivity index (χ2n) is 6.35. The summed E-state index contributed by atoms with van der Waals surface area (Å²) >= 11 is 0. The van der Waals surface area contributed by atoms with Crippen molar-refractivity contribution in [3.05, 3.63) is 83.0 Å². The first-order chi connectivity index (χ1) is 14.3. The Balaban J connectivity index is 1.79. The largest absolute Gasteiger partial charge is 0.405 e. The van der Waals surface area contributed by atoms with E-state index in [-0.39, 0.29) is 23.8 Å². The van der Waals surface area contributed by atoms with Gasteiger partial charge in [-0.1, -0.05) is 42.5 Å². The molecule has 1 amide bonds. The highest BCUT2D eigenvalue weighted by atomic mass is 16.5. The maximum absolute atomic E-state index is 12.6.